The lowest BCUT2D eigenvalue weighted by Gasteiger charge is -2.30. The molecule has 110 valence electrons. The molecule has 2 unspecified atom stereocenters. The number of fused-ring (bicyclic) bond motifs is 1. The molecule has 1 aliphatic rings. The summed E-state index contributed by atoms with van der Waals surface area (Å²) in [5.74, 6) is 0.320. The van der Waals surface area contributed by atoms with E-state index in [1.165, 1.54) is 0 Å². The minimum atomic E-state index is -0.0973. The first-order valence-electron chi connectivity index (χ1n) is 7.21. The Morgan fingerprint density at radius 1 is 1.48 bits per heavy atom. The highest BCUT2D eigenvalue weighted by atomic mass is 35.5. The van der Waals surface area contributed by atoms with Crippen LogP contribution in [0.2, 0.25) is 5.02 Å². The first-order valence-corrected chi connectivity index (χ1v) is 7.59. The molecule has 1 amide bonds. The molecular weight excluding hydrogens is 286 g/mol. The number of piperidine rings is 1. The number of amides is 1. The van der Waals surface area contributed by atoms with Crippen molar-refractivity contribution in [1.29, 1.82) is 0 Å². The maximum atomic E-state index is 12.6. The fraction of sp³-hybridized carbons (Fsp3) is 0.375. The summed E-state index contributed by atoms with van der Waals surface area (Å²) in [7, 11) is 0. The maximum absolute atomic E-state index is 12.6. The van der Waals surface area contributed by atoms with Gasteiger partial charge < -0.3 is 10.6 Å². The van der Waals surface area contributed by atoms with Gasteiger partial charge in [0.1, 0.15) is 0 Å². The van der Waals surface area contributed by atoms with E-state index < -0.39 is 0 Å². The Morgan fingerprint density at radius 2 is 2.33 bits per heavy atom. The third-order valence-corrected chi connectivity index (χ3v) is 4.23. The Kier molecular flexibility index (Phi) is 4.08. The van der Waals surface area contributed by atoms with Crippen molar-refractivity contribution < 1.29 is 4.79 Å². The van der Waals surface area contributed by atoms with Crippen molar-refractivity contribution in [2.45, 2.75) is 19.4 Å². The number of nitrogens with zero attached hydrogens (tertiary/aromatic N) is 1. The van der Waals surface area contributed by atoms with Crippen LogP contribution < -0.4 is 10.6 Å². The van der Waals surface area contributed by atoms with Crippen molar-refractivity contribution in [2.75, 3.05) is 13.1 Å². The molecule has 1 aliphatic heterocycles. The van der Waals surface area contributed by atoms with Gasteiger partial charge in [-0.2, -0.15) is 0 Å². The number of nitrogens with one attached hydrogen (secondary N) is 2. The van der Waals surface area contributed by atoms with Gasteiger partial charge in [-0.15, -0.1) is 0 Å². The lowest BCUT2D eigenvalue weighted by atomic mass is 9.95. The maximum Gasteiger partial charge on any atom is 0.253 e. The number of carbonyl (C=O) groups is 1. The van der Waals surface area contributed by atoms with Crippen LogP contribution >= 0.6 is 11.6 Å². The molecule has 3 rings (SSSR count). The number of hydrogen-bond donors (Lipinski definition) is 2. The zero-order valence-corrected chi connectivity index (χ0v) is 12.7. The molecule has 0 spiro atoms. The summed E-state index contributed by atoms with van der Waals surface area (Å²) >= 11 is 6.12. The molecule has 2 heterocycles. The van der Waals surface area contributed by atoms with Crippen molar-refractivity contribution in [3.8, 4) is 0 Å². The fourth-order valence-electron chi connectivity index (χ4n) is 2.80. The summed E-state index contributed by atoms with van der Waals surface area (Å²) in [6, 6.07) is 7.47. The zero-order valence-electron chi connectivity index (χ0n) is 11.9. The molecule has 1 aromatic heterocycles. The van der Waals surface area contributed by atoms with Crippen molar-refractivity contribution in [3.63, 3.8) is 0 Å². The van der Waals surface area contributed by atoms with Crippen molar-refractivity contribution >= 4 is 28.4 Å². The molecule has 1 fully saturated rings. The van der Waals surface area contributed by atoms with Gasteiger partial charge >= 0.3 is 0 Å². The Hall–Kier alpha value is -1.65. The van der Waals surface area contributed by atoms with Gasteiger partial charge in [-0.3, -0.25) is 9.78 Å². The number of pyridine rings is 1. The molecule has 4 nitrogen and oxygen atoms in total. The number of hydrogen-bond acceptors (Lipinski definition) is 3. The SMILES string of the molecule is CC1CNCCC1NC(=O)c1cc(Cl)cc2cccnc12. The second-order valence-corrected chi connectivity index (χ2v) is 6.01. The van der Waals surface area contributed by atoms with Crippen LogP contribution in [0.4, 0.5) is 0 Å². The summed E-state index contributed by atoms with van der Waals surface area (Å²) in [4.78, 5) is 16.9. The summed E-state index contributed by atoms with van der Waals surface area (Å²) < 4.78 is 0. The number of carbonyl (C=O) groups excluding carboxylic acids is 1. The Labute approximate surface area is 128 Å². The average Bonchev–Trinajstić information content (AvgIpc) is 2.48. The van der Waals surface area contributed by atoms with Gasteiger partial charge in [0.2, 0.25) is 0 Å². The molecule has 2 aromatic rings. The van der Waals surface area contributed by atoms with E-state index >= 15 is 0 Å². The Bertz CT molecular complexity index is 674. The van der Waals surface area contributed by atoms with E-state index in [1.807, 2.05) is 18.2 Å². The highest BCUT2D eigenvalue weighted by Crippen LogP contribution is 2.23. The van der Waals surface area contributed by atoms with Crippen LogP contribution in [0.5, 0.6) is 0 Å². The molecule has 1 saturated heterocycles. The quantitative estimate of drug-likeness (QED) is 0.896. The largest absolute Gasteiger partial charge is 0.349 e. The summed E-state index contributed by atoms with van der Waals surface area (Å²) in [5.41, 5.74) is 1.24. The predicted octanol–water partition coefficient (Wildman–Crippen LogP) is 2.62. The minimum Gasteiger partial charge on any atom is -0.349 e. The van der Waals surface area contributed by atoms with Crippen LogP contribution in [0, 0.1) is 5.92 Å². The van der Waals surface area contributed by atoms with Gasteiger partial charge in [0.05, 0.1) is 11.1 Å². The highest BCUT2D eigenvalue weighted by Gasteiger charge is 2.24. The molecule has 2 atom stereocenters. The number of halogens is 1. The van der Waals surface area contributed by atoms with E-state index in [0.29, 0.717) is 22.0 Å². The highest BCUT2D eigenvalue weighted by molar-refractivity contribution is 6.32. The monoisotopic (exact) mass is 303 g/mol. The predicted molar refractivity (Wildman–Crippen MR) is 84.7 cm³/mol. The van der Waals surface area contributed by atoms with E-state index in [2.05, 4.69) is 22.5 Å². The van der Waals surface area contributed by atoms with Gasteiger partial charge in [-0.1, -0.05) is 24.6 Å². The van der Waals surface area contributed by atoms with Gasteiger partial charge in [-0.25, -0.2) is 0 Å². The average molecular weight is 304 g/mol. The molecule has 0 radical (unpaired) electrons. The first kappa shape index (κ1) is 14.3. The van der Waals surface area contributed by atoms with Crippen molar-refractivity contribution in [2.24, 2.45) is 5.92 Å². The smallest absolute Gasteiger partial charge is 0.253 e. The molecular formula is C16H18ClN3O. The topological polar surface area (TPSA) is 54.0 Å². The van der Waals surface area contributed by atoms with E-state index in [0.717, 1.165) is 24.9 Å². The van der Waals surface area contributed by atoms with Crippen molar-refractivity contribution in [1.82, 2.24) is 15.6 Å². The Balaban J connectivity index is 1.90. The lowest BCUT2D eigenvalue weighted by molar-refractivity contribution is 0.0915. The fourth-order valence-corrected chi connectivity index (χ4v) is 3.03. The van der Waals surface area contributed by atoms with Gasteiger partial charge in [-0.05, 0) is 43.6 Å². The normalized spacial score (nSPS) is 22.2. The molecule has 2 N–H and O–H groups in total. The van der Waals surface area contributed by atoms with E-state index in [-0.39, 0.29) is 11.9 Å². The molecule has 21 heavy (non-hydrogen) atoms. The van der Waals surface area contributed by atoms with E-state index in [9.17, 15) is 4.79 Å². The summed E-state index contributed by atoms with van der Waals surface area (Å²) in [6.45, 7) is 4.01. The molecule has 1 aromatic carbocycles. The van der Waals surface area contributed by atoms with Gasteiger partial charge in [0.25, 0.3) is 5.91 Å². The van der Waals surface area contributed by atoms with Crippen LogP contribution in [-0.4, -0.2) is 30.0 Å². The van der Waals surface area contributed by atoms with Crippen LogP contribution in [0.1, 0.15) is 23.7 Å². The van der Waals surface area contributed by atoms with Gasteiger partial charge in [0.15, 0.2) is 0 Å². The number of benzene rings is 1. The molecule has 0 saturated carbocycles. The molecule has 0 aliphatic carbocycles. The third-order valence-electron chi connectivity index (χ3n) is 4.02. The third kappa shape index (κ3) is 3.01. The zero-order chi connectivity index (χ0) is 14.8. The Morgan fingerprint density at radius 3 is 3.14 bits per heavy atom. The first-order chi connectivity index (χ1) is 10.1. The minimum absolute atomic E-state index is 0.0973. The van der Waals surface area contributed by atoms with E-state index in [1.54, 1.807) is 12.3 Å². The summed E-state index contributed by atoms with van der Waals surface area (Å²) in [5, 5.41) is 7.90. The van der Waals surface area contributed by atoms with Crippen LogP contribution in [0.15, 0.2) is 30.5 Å². The van der Waals surface area contributed by atoms with Crippen LogP contribution in [-0.2, 0) is 0 Å². The van der Waals surface area contributed by atoms with Crippen molar-refractivity contribution in [3.05, 3.63) is 41.0 Å². The van der Waals surface area contributed by atoms with Crippen LogP contribution in [0.3, 0.4) is 0 Å². The van der Waals surface area contributed by atoms with E-state index in [4.69, 9.17) is 11.6 Å². The van der Waals surface area contributed by atoms with Crippen LogP contribution in [0.25, 0.3) is 10.9 Å². The second kappa shape index (κ2) is 6.00. The second-order valence-electron chi connectivity index (χ2n) is 5.58. The molecule has 5 heteroatoms. The van der Waals surface area contributed by atoms with Gasteiger partial charge in [0, 0.05) is 22.6 Å². The number of rotatable bonds is 2. The lowest BCUT2D eigenvalue weighted by Crippen LogP contribution is -2.48. The standard InChI is InChI=1S/C16H18ClN3O/c1-10-9-18-6-4-14(10)20-16(21)13-8-12(17)7-11-3-2-5-19-15(11)13/h2-3,5,7-8,10,14,18H,4,6,9H2,1H3,(H,20,21). The molecule has 0 bridgehead atoms. The summed E-state index contributed by atoms with van der Waals surface area (Å²) in [6.07, 6.45) is 2.64. The number of aromatic nitrogens is 1.